The third kappa shape index (κ3) is 3.95. The fraction of sp³-hybridized carbons (Fsp3) is 0.292. The van der Waals surface area contributed by atoms with Crippen molar-refractivity contribution in [3.63, 3.8) is 0 Å². The first kappa shape index (κ1) is 19.5. The number of fused-ring (bicyclic) bond motifs is 1. The second kappa shape index (κ2) is 8.34. The molecule has 3 heterocycles. The summed E-state index contributed by atoms with van der Waals surface area (Å²) >= 11 is 0. The summed E-state index contributed by atoms with van der Waals surface area (Å²) in [7, 11) is 0. The van der Waals surface area contributed by atoms with E-state index in [1.807, 2.05) is 42.6 Å². The summed E-state index contributed by atoms with van der Waals surface area (Å²) in [6.07, 6.45) is 11.5. The van der Waals surface area contributed by atoms with Crippen molar-refractivity contribution in [3.05, 3.63) is 77.2 Å². The minimum atomic E-state index is -0.714. The lowest BCUT2D eigenvalue weighted by Gasteiger charge is -2.21. The van der Waals surface area contributed by atoms with Crippen LogP contribution in [0.5, 0.6) is 0 Å². The third-order valence-electron chi connectivity index (χ3n) is 5.98. The van der Waals surface area contributed by atoms with Gasteiger partial charge in [-0.25, -0.2) is 14.1 Å². The zero-order valence-electron chi connectivity index (χ0n) is 17.2. The molecule has 1 N–H and O–H groups in total. The molecule has 4 aromatic rings. The molecule has 1 aliphatic rings. The average molecular weight is 417 g/mol. The standard InChI is InChI=1S/C24H24FN5O/c25-21-14-17-16-26-23(28-18-8-10-19(11-9-18)29-13-5-12-27-29)15-22(17)30(24(21)31)20-6-3-1-2-4-7-20/h5,8-16,20H,1-4,6-7H2,(H,26,28). The van der Waals surface area contributed by atoms with Gasteiger partial charge < -0.3 is 9.88 Å². The number of hydrogen-bond donors (Lipinski definition) is 1. The molecule has 0 spiro atoms. The lowest BCUT2D eigenvalue weighted by Crippen LogP contribution is -2.27. The van der Waals surface area contributed by atoms with Gasteiger partial charge in [0.25, 0.3) is 5.56 Å². The Morgan fingerprint density at radius 2 is 1.81 bits per heavy atom. The second-order valence-electron chi connectivity index (χ2n) is 8.06. The van der Waals surface area contributed by atoms with Gasteiger partial charge in [-0.2, -0.15) is 5.10 Å². The largest absolute Gasteiger partial charge is 0.340 e. The Labute approximate surface area is 179 Å². The predicted octanol–water partition coefficient (Wildman–Crippen LogP) is 5.36. The van der Waals surface area contributed by atoms with Gasteiger partial charge in [-0.05, 0) is 49.2 Å². The van der Waals surface area contributed by atoms with Crippen molar-refractivity contribution in [2.75, 3.05) is 5.32 Å². The molecule has 0 amide bonds. The van der Waals surface area contributed by atoms with Crippen molar-refractivity contribution in [1.29, 1.82) is 0 Å². The van der Waals surface area contributed by atoms with Crippen LogP contribution in [0.3, 0.4) is 0 Å². The normalized spacial score (nSPS) is 15.1. The number of benzene rings is 1. The van der Waals surface area contributed by atoms with E-state index in [0.29, 0.717) is 11.2 Å². The first-order valence-corrected chi connectivity index (χ1v) is 10.8. The van der Waals surface area contributed by atoms with Crippen LogP contribution in [0.2, 0.25) is 0 Å². The number of rotatable bonds is 4. The molecule has 0 unspecified atom stereocenters. The smallest absolute Gasteiger partial charge is 0.287 e. The maximum atomic E-state index is 14.4. The van der Waals surface area contributed by atoms with Gasteiger partial charge in [0.1, 0.15) is 5.82 Å². The molecule has 5 rings (SSSR count). The minimum absolute atomic E-state index is 0.0248. The topological polar surface area (TPSA) is 64.7 Å². The molecule has 0 aliphatic heterocycles. The van der Waals surface area contributed by atoms with Crippen molar-refractivity contribution >= 4 is 22.4 Å². The summed E-state index contributed by atoms with van der Waals surface area (Å²) in [4.78, 5) is 17.2. The number of anilines is 2. The van der Waals surface area contributed by atoms with E-state index in [-0.39, 0.29) is 6.04 Å². The highest BCUT2D eigenvalue weighted by Crippen LogP contribution is 2.30. The van der Waals surface area contributed by atoms with Gasteiger partial charge in [0.15, 0.2) is 5.82 Å². The minimum Gasteiger partial charge on any atom is -0.340 e. The summed E-state index contributed by atoms with van der Waals surface area (Å²) < 4.78 is 17.8. The summed E-state index contributed by atoms with van der Waals surface area (Å²) in [5, 5.41) is 8.17. The van der Waals surface area contributed by atoms with Gasteiger partial charge in [0.05, 0.1) is 11.2 Å². The van der Waals surface area contributed by atoms with Gasteiger partial charge in [-0.1, -0.05) is 25.7 Å². The Hall–Kier alpha value is -3.48. The molecule has 3 aromatic heterocycles. The van der Waals surface area contributed by atoms with Crippen molar-refractivity contribution in [3.8, 4) is 5.69 Å². The average Bonchev–Trinajstić information content (AvgIpc) is 3.19. The van der Waals surface area contributed by atoms with Crippen LogP contribution in [0.25, 0.3) is 16.6 Å². The number of hydrogen-bond acceptors (Lipinski definition) is 4. The second-order valence-corrected chi connectivity index (χ2v) is 8.06. The zero-order valence-corrected chi connectivity index (χ0v) is 17.2. The molecule has 1 fully saturated rings. The number of nitrogens with zero attached hydrogens (tertiary/aromatic N) is 4. The molecule has 1 aliphatic carbocycles. The van der Waals surface area contributed by atoms with Crippen molar-refractivity contribution in [2.24, 2.45) is 0 Å². The monoisotopic (exact) mass is 417 g/mol. The Kier molecular flexibility index (Phi) is 5.24. The van der Waals surface area contributed by atoms with Crippen LogP contribution >= 0.6 is 0 Å². The molecule has 6 nitrogen and oxygen atoms in total. The molecule has 0 atom stereocenters. The van der Waals surface area contributed by atoms with Gasteiger partial charge >= 0.3 is 0 Å². The Balaban J connectivity index is 1.49. The number of aromatic nitrogens is 4. The van der Waals surface area contributed by atoms with E-state index >= 15 is 0 Å². The summed E-state index contributed by atoms with van der Waals surface area (Å²) in [5.41, 5.74) is 2.01. The molecule has 0 saturated heterocycles. The van der Waals surface area contributed by atoms with E-state index < -0.39 is 11.4 Å². The van der Waals surface area contributed by atoms with E-state index in [4.69, 9.17) is 0 Å². The van der Waals surface area contributed by atoms with Gasteiger partial charge in [-0.3, -0.25) is 4.79 Å². The number of nitrogens with one attached hydrogen (secondary N) is 1. The first-order chi connectivity index (χ1) is 15.2. The maximum Gasteiger partial charge on any atom is 0.287 e. The van der Waals surface area contributed by atoms with Crippen molar-refractivity contribution in [2.45, 2.75) is 44.6 Å². The number of pyridine rings is 2. The van der Waals surface area contributed by atoms with Crippen LogP contribution in [0.1, 0.15) is 44.6 Å². The van der Waals surface area contributed by atoms with Crippen LogP contribution in [-0.2, 0) is 0 Å². The molecule has 7 heteroatoms. The van der Waals surface area contributed by atoms with Crippen LogP contribution < -0.4 is 10.9 Å². The first-order valence-electron chi connectivity index (χ1n) is 10.8. The molecule has 0 bridgehead atoms. The molecule has 31 heavy (non-hydrogen) atoms. The van der Waals surface area contributed by atoms with Crippen molar-refractivity contribution < 1.29 is 4.39 Å². The van der Waals surface area contributed by atoms with E-state index in [9.17, 15) is 9.18 Å². The molecule has 1 aromatic carbocycles. The molecule has 1 saturated carbocycles. The third-order valence-corrected chi connectivity index (χ3v) is 5.98. The number of halogens is 1. The van der Waals surface area contributed by atoms with Crippen LogP contribution in [-0.4, -0.2) is 19.3 Å². The van der Waals surface area contributed by atoms with Crippen LogP contribution in [0, 0.1) is 5.82 Å². The highest BCUT2D eigenvalue weighted by atomic mass is 19.1. The summed E-state index contributed by atoms with van der Waals surface area (Å²) in [6, 6.07) is 12.9. The molecular formula is C24H24FN5O. The SMILES string of the molecule is O=c1c(F)cc2cnc(Nc3ccc(-n4cccn4)cc3)cc2n1C1CCCCCC1. The molecular weight excluding hydrogens is 393 g/mol. The summed E-state index contributed by atoms with van der Waals surface area (Å²) in [6.45, 7) is 0. The highest BCUT2D eigenvalue weighted by Gasteiger charge is 2.20. The van der Waals surface area contributed by atoms with Crippen LogP contribution in [0.15, 0.2) is 65.8 Å². The van der Waals surface area contributed by atoms with E-state index in [1.165, 1.54) is 18.9 Å². The van der Waals surface area contributed by atoms with E-state index in [0.717, 1.165) is 42.6 Å². The lowest BCUT2D eigenvalue weighted by molar-refractivity contribution is 0.432. The zero-order chi connectivity index (χ0) is 21.2. The Bertz CT molecular complexity index is 1240. The van der Waals surface area contributed by atoms with Gasteiger partial charge in [0.2, 0.25) is 0 Å². The highest BCUT2D eigenvalue weighted by molar-refractivity contribution is 5.81. The molecule has 158 valence electrons. The maximum absolute atomic E-state index is 14.4. The summed E-state index contributed by atoms with van der Waals surface area (Å²) in [5.74, 6) is -0.0961. The lowest BCUT2D eigenvalue weighted by atomic mass is 10.1. The van der Waals surface area contributed by atoms with E-state index in [1.54, 1.807) is 21.6 Å². The molecule has 0 radical (unpaired) electrons. The quantitative estimate of drug-likeness (QED) is 0.454. The fourth-order valence-corrected chi connectivity index (χ4v) is 4.41. The van der Waals surface area contributed by atoms with Crippen LogP contribution in [0.4, 0.5) is 15.9 Å². The van der Waals surface area contributed by atoms with Crippen molar-refractivity contribution in [1.82, 2.24) is 19.3 Å². The Morgan fingerprint density at radius 3 is 2.52 bits per heavy atom. The van der Waals surface area contributed by atoms with Gasteiger partial charge in [0, 0.05) is 41.8 Å². The Morgan fingerprint density at radius 1 is 1.03 bits per heavy atom. The predicted molar refractivity (Wildman–Crippen MR) is 120 cm³/mol. The van der Waals surface area contributed by atoms with Gasteiger partial charge in [-0.15, -0.1) is 0 Å². The fourth-order valence-electron chi connectivity index (χ4n) is 4.41. The van der Waals surface area contributed by atoms with E-state index in [2.05, 4.69) is 15.4 Å².